The van der Waals surface area contributed by atoms with Crippen molar-refractivity contribution < 1.29 is 14.9 Å². The van der Waals surface area contributed by atoms with Crippen LogP contribution >= 0.6 is 0 Å². The smallest absolute Gasteiger partial charge is 0.151 e. The highest BCUT2D eigenvalue weighted by molar-refractivity contribution is 5.91. The fourth-order valence-corrected chi connectivity index (χ4v) is 5.53. The van der Waals surface area contributed by atoms with E-state index in [0.717, 1.165) is 61.9 Å². The SMILES string of the molecule is CC(C)(O)c1ccccc1-c1ccc2c(c1)N(c1ccccc1)c1cc(-c3ccccc3C(C)(C)O)ccc1O2. The van der Waals surface area contributed by atoms with Crippen molar-refractivity contribution >= 4 is 17.1 Å². The van der Waals surface area contributed by atoms with Gasteiger partial charge in [0.25, 0.3) is 0 Å². The molecule has 0 amide bonds. The highest BCUT2D eigenvalue weighted by atomic mass is 16.5. The van der Waals surface area contributed by atoms with Gasteiger partial charge < -0.3 is 19.8 Å². The van der Waals surface area contributed by atoms with Crippen molar-refractivity contribution in [2.45, 2.75) is 38.9 Å². The molecule has 1 aliphatic heterocycles. The lowest BCUT2D eigenvalue weighted by molar-refractivity contribution is 0.0786. The van der Waals surface area contributed by atoms with Crippen LogP contribution in [0.25, 0.3) is 22.3 Å². The zero-order chi connectivity index (χ0) is 28.1. The molecule has 0 unspecified atom stereocenters. The fraction of sp³-hybridized carbons (Fsp3) is 0.167. The second-order valence-electron chi connectivity index (χ2n) is 11.3. The van der Waals surface area contributed by atoms with Gasteiger partial charge in [0.2, 0.25) is 0 Å². The van der Waals surface area contributed by atoms with Gasteiger partial charge in [-0.2, -0.15) is 0 Å². The zero-order valence-electron chi connectivity index (χ0n) is 23.2. The van der Waals surface area contributed by atoms with Crippen molar-refractivity contribution in [1.82, 2.24) is 0 Å². The van der Waals surface area contributed by atoms with Crippen LogP contribution in [0.15, 0.2) is 115 Å². The van der Waals surface area contributed by atoms with Crippen LogP contribution in [0, 0.1) is 0 Å². The lowest BCUT2D eigenvalue weighted by atomic mass is 9.88. The first-order chi connectivity index (χ1) is 19.1. The van der Waals surface area contributed by atoms with Crippen molar-refractivity contribution in [3.63, 3.8) is 0 Å². The molecule has 5 aromatic carbocycles. The Hall–Kier alpha value is -4.38. The monoisotopic (exact) mass is 527 g/mol. The van der Waals surface area contributed by atoms with E-state index in [1.807, 2.05) is 119 Å². The molecule has 0 radical (unpaired) electrons. The fourth-order valence-electron chi connectivity index (χ4n) is 5.53. The third-order valence-electron chi connectivity index (χ3n) is 7.43. The molecule has 6 rings (SSSR count). The second kappa shape index (κ2) is 9.67. The Balaban J connectivity index is 1.55. The van der Waals surface area contributed by atoms with Gasteiger partial charge in [0.05, 0.1) is 22.6 Å². The average Bonchev–Trinajstić information content (AvgIpc) is 2.95. The topological polar surface area (TPSA) is 52.9 Å². The quantitative estimate of drug-likeness (QED) is 0.235. The summed E-state index contributed by atoms with van der Waals surface area (Å²) in [5.41, 5.74) is 6.52. The Bertz CT molecular complexity index is 1590. The first-order valence-corrected chi connectivity index (χ1v) is 13.6. The van der Waals surface area contributed by atoms with Crippen LogP contribution in [0.3, 0.4) is 0 Å². The maximum absolute atomic E-state index is 10.9. The van der Waals surface area contributed by atoms with Crippen molar-refractivity contribution in [1.29, 1.82) is 0 Å². The number of benzene rings is 5. The molecule has 40 heavy (non-hydrogen) atoms. The molecule has 0 bridgehead atoms. The van der Waals surface area contributed by atoms with E-state index in [1.165, 1.54) is 0 Å². The van der Waals surface area contributed by atoms with E-state index in [0.29, 0.717) is 0 Å². The van der Waals surface area contributed by atoms with Gasteiger partial charge in [-0.05, 0) is 97.5 Å². The van der Waals surface area contributed by atoms with Crippen LogP contribution < -0.4 is 9.64 Å². The molecule has 4 heteroatoms. The summed E-state index contributed by atoms with van der Waals surface area (Å²) in [6, 6.07) is 38.6. The number of fused-ring (bicyclic) bond motifs is 2. The van der Waals surface area contributed by atoms with Crippen LogP contribution in [-0.2, 0) is 11.2 Å². The number of hydrogen-bond acceptors (Lipinski definition) is 4. The van der Waals surface area contributed by atoms with Crippen molar-refractivity contribution in [3.05, 3.63) is 126 Å². The van der Waals surface area contributed by atoms with E-state index in [-0.39, 0.29) is 0 Å². The van der Waals surface area contributed by atoms with Crippen molar-refractivity contribution in [2.75, 3.05) is 4.90 Å². The molecule has 0 saturated heterocycles. The number of para-hydroxylation sites is 1. The summed E-state index contributed by atoms with van der Waals surface area (Å²) in [5.74, 6) is 1.51. The third kappa shape index (κ3) is 4.66. The maximum Gasteiger partial charge on any atom is 0.151 e. The molecule has 0 saturated carbocycles. The maximum atomic E-state index is 10.9. The number of nitrogens with zero attached hydrogens (tertiary/aromatic N) is 1. The van der Waals surface area contributed by atoms with E-state index in [1.54, 1.807) is 0 Å². The predicted octanol–water partition coefficient (Wildman–Crippen LogP) is 9.05. The summed E-state index contributed by atoms with van der Waals surface area (Å²) in [5, 5.41) is 21.8. The molecule has 0 aromatic heterocycles. The highest BCUT2D eigenvalue weighted by Crippen LogP contribution is 2.52. The van der Waals surface area contributed by atoms with Gasteiger partial charge >= 0.3 is 0 Å². The third-order valence-corrected chi connectivity index (χ3v) is 7.43. The summed E-state index contributed by atoms with van der Waals surface area (Å²) in [6.07, 6.45) is 0. The molecular formula is C36H33NO3. The van der Waals surface area contributed by atoms with E-state index in [9.17, 15) is 10.2 Å². The van der Waals surface area contributed by atoms with Gasteiger partial charge in [-0.15, -0.1) is 0 Å². The molecule has 5 aromatic rings. The number of rotatable bonds is 5. The molecular weight excluding hydrogens is 494 g/mol. The number of anilines is 3. The lowest BCUT2D eigenvalue weighted by Crippen LogP contribution is -2.18. The van der Waals surface area contributed by atoms with E-state index in [4.69, 9.17) is 4.74 Å². The second-order valence-corrected chi connectivity index (χ2v) is 11.3. The highest BCUT2D eigenvalue weighted by Gasteiger charge is 2.29. The van der Waals surface area contributed by atoms with Gasteiger partial charge in [-0.3, -0.25) is 0 Å². The molecule has 200 valence electrons. The molecule has 0 aliphatic carbocycles. The Morgan fingerprint density at radius 1 is 0.525 bits per heavy atom. The molecule has 1 heterocycles. The van der Waals surface area contributed by atoms with Crippen LogP contribution in [0.1, 0.15) is 38.8 Å². The minimum atomic E-state index is -0.989. The Labute approximate surface area is 235 Å². The molecule has 0 fully saturated rings. The van der Waals surface area contributed by atoms with Gasteiger partial charge in [0, 0.05) is 5.69 Å². The number of ether oxygens (including phenoxy) is 1. The van der Waals surface area contributed by atoms with E-state index in [2.05, 4.69) is 29.2 Å². The molecule has 4 nitrogen and oxygen atoms in total. The summed E-state index contributed by atoms with van der Waals surface area (Å²) in [4.78, 5) is 2.22. The normalized spacial score (nSPS) is 12.9. The van der Waals surface area contributed by atoms with Gasteiger partial charge in [-0.25, -0.2) is 0 Å². The minimum absolute atomic E-state index is 0.755. The summed E-state index contributed by atoms with van der Waals surface area (Å²) in [7, 11) is 0. The largest absolute Gasteiger partial charge is 0.453 e. The Morgan fingerprint density at radius 2 is 0.950 bits per heavy atom. The summed E-state index contributed by atoms with van der Waals surface area (Å²) >= 11 is 0. The van der Waals surface area contributed by atoms with E-state index >= 15 is 0 Å². The molecule has 2 N–H and O–H groups in total. The standard InChI is InChI=1S/C36H33NO3/c1-35(2,38)29-16-10-8-14-27(29)24-18-20-33-31(22-24)37(26-12-6-5-7-13-26)32-23-25(19-21-34(32)40-33)28-15-9-11-17-30(28)36(3,4)39/h5-23,38-39H,1-4H3. The average molecular weight is 528 g/mol. The minimum Gasteiger partial charge on any atom is -0.453 e. The summed E-state index contributed by atoms with van der Waals surface area (Å²) < 4.78 is 6.47. The first kappa shape index (κ1) is 25.9. The van der Waals surface area contributed by atoms with Crippen molar-refractivity contribution in [3.8, 4) is 33.8 Å². The molecule has 0 spiro atoms. The van der Waals surface area contributed by atoms with Crippen LogP contribution in [0.5, 0.6) is 11.5 Å². The van der Waals surface area contributed by atoms with Gasteiger partial charge in [-0.1, -0.05) is 78.9 Å². The van der Waals surface area contributed by atoms with E-state index < -0.39 is 11.2 Å². The summed E-state index contributed by atoms with van der Waals surface area (Å²) in [6.45, 7) is 7.25. The van der Waals surface area contributed by atoms with Gasteiger partial charge in [0.1, 0.15) is 0 Å². The van der Waals surface area contributed by atoms with Crippen LogP contribution in [-0.4, -0.2) is 10.2 Å². The Kier molecular flexibility index (Phi) is 6.25. The Morgan fingerprint density at radius 3 is 1.40 bits per heavy atom. The zero-order valence-corrected chi connectivity index (χ0v) is 23.2. The number of aliphatic hydroxyl groups is 2. The van der Waals surface area contributed by atoms with Gasteiger partial charge in [0.15, 0.2) is 11.5 Å². The number of hydrogen-bond donors (Lipinski definition) is 2. The van der Waals surface area contributed by atoms with Crippen LogP contribution in [0.2, 0.25) is 0 Å². The predicted molar refractivity (Wildman–Crippen MR) is 163 cm³/mol. The lowest BCUT2D eigenvalue weighted by Gasteiger charge is -2.34. The van der Waals surface area contributed by atoms with Crippen LogP contribution in [0.4, 0.5) is 17.1 Å². The first-order valence-electron chi connectivity index (χ1n) is 13.6. The molecule has 0 atom stereocenters. The molecule has 1 aliphatic rings. The van der Waals surface area contributed by atoms with Crippen molar-refractivity contribution in [2.24, 2.45) is 0 Å².